The van der Waals surface area contributed by atoms with E-state index in [2.05, 4.69) is 5.32 Å². The van der Waals surface area contributed by atoms with Gasteiger partial charge in [-0.2, -0.15) is 0 Å². The predicted molar refractivity (Wildman–Crippen MR) is 86.6 cm³/mol. The fourth-order valence-corrected chi connectivity index (χ4v) is 2.64. The van der Waals surface area contributed by atoms with Crippen molar-refractivity contribution in [3.63, 3.8) is 0 Å². The zero-order valence-electron chi connectivity index (χ0n) is 12.7. The molecule has 0 aliphatic heterocycles. The van der Waals surface area contributed by atoms with Gasteiger partial charge in [0.25, 0.3) is 5.91 Å². The molecule has 0 aliphatic rings. The van der Waals surface area contributed by atoms with Crippen LogP contribution in [-0.2, 0) is 7.05 Å². The van der Waals surface area contributed by atoms with Crippen LogP contribution in [0.15, 0.2) is 54.7 Å². The SMILES string of the molecule is Cn1ccc2c(C(=O)NCC(O)c3ccccc3F)cccc21. The molecule has 5 heteroatoms. The lowest BCUT2D eigenvalue weighted by Crippen LogP contribution is -2.28. The molecule has 3 rings (SSSR count). The van der Waals surface area contributed by atoms with Crippen LogP contribution in [0.1, 0.15) is 22.0 Å². The fourth-order valence-electron chi connectivity index (χ4n) is 2.64. The maximum absolute atomic E-state index is 13.6. The van der Waals surface area contributed by atoms with Gasteiger partial charge in [-0.1, -0.05) is 24.3 Å². The molecule has 1 unspecified atom stereocenters. The number of amides is 1. The Balaban J connectivity index is 1.75. The summed E-state index contributed by atoms with van der Waals surface area (Å²) in [6.45, 7) is -0.0526. The summed E-state index contributed by atoms with van der Waals surface area (Å²) in [5, 5.41) is 13.6. The van der Waals surface area contributed by atoms with Crippen molar-refractivity contribution in [2.45, 2.75) is 6.10 Å². The summed E-state index contributed by atoms with van der Waals surface area (Å²) in [7, 11) is 1.91. The molecule has 0 radical (unpaired) electrons. The Morgan fingerprint density at radius 1 is 1.22 bits per heavy atom. The predicted octanol–water partition coefficient (Wildman–Crippen LogP) is 2.78. The van der Waals surface area contributed by atoms with E-state index in [0.29, 0.717) is 5.56 Å². The number of nitrogens with one attached hydrogen (secondary N) is 1. The summed E-state index contributed by atoms with van der Waals surface area (Å²) >= 11 is 0. The molecule has 3 aromatic rings. The van der Waals surface area contributed by atoms with Crippen molar-refractivity contribution in [3.8, 4) is 0 Å². The highest BCUT2D eigenvalue weighted by molar-refractivity contribution is 6.06. The number of aliphatic hydroxyl groups is 1. The van der Waals surface area contributed by atoms with Gasteiger partial charge in [-0.3, -0.25) is 4.79 Å². The molecule has 1 atom stereocenters. The van der Waals surface area contributed by atoms with E-state index >= 15 is 0 Å². The van der Waals surface area contributed by atoms with Crippen LogP contribution >= 0.6 is 0 Å². The Hall–Kier alpha value is -2.66. The van der Waals surface area contributed by atoms with Crippen molar-refractivity contribution >= 4 is 16.8 Å². The van der Waals surface area contributed by atoms with Gasteiger partial charge in [-0.25, -0.2) is 4.39 Å². The van der Waals surface area contributed by atoms with Gasteiger partial charge in [-0.05, 0) is 24.3 Å². The van der Waals surface area contributed by atoms with Crippen molar-refractivity contribution in [1.29, 1.82) is 0 Å². The van der Waals surface area contributed by atoms with Crippen LogP contribution in [-0.4, -0.2) is 22.1 Å². The summed E-state index contributed by atoms with van der Waals surface area (Å²) in [5.41, 5.74) is 1.65. The first-order chi connectivity index (χ1) is 11.1. The Bertz CT molecular complexity index is 857. The van der Waals surface area contributed by atoms with Crippen LogP contribution in [0.3, 0.4) is 0 Å². The molecular formula is C18H17FN2O2. The van der Waals surface area contributed by atoms with Gasteiger partial charge < -0.3 is 15.0 Å². The number of carbonyl (C=O) groups excluding carboxylic acids is 1. The van der Waals surface area contributed by atoms with Crippen LogP contribution in [0, 0.1) is 5.82 Å². The largest absolute Gasteiger partial charge is 0.386 e. The minimum Gasteiger partial charge on any atom is -0.386 e. The number of hydrogen-bond donors (Lipinski definition) is 2. The summed E-state index contributed by atoms with van der Waals surface area (Å²) in [6, 6.07) is 13.3. The van der Waals surface area contributed by atoms with E-state index in [1.807, 2.05) is 36.0 Å². The van der Waals surface area contributed by atoms with Crippen molar-refractivity contribution < 1.29 is 14.3 Å². The van der Waals surface area contributed by atoms with Gasteiger partial charge in [0.05, 0.1) is 6.10 Å². The minimum atomic E-state index is -1.09. The number of nitrogens with zero attached hydrogens (tertiary/aromatic N) is 1. The van der Waals surface area contributed by atoms with Crippen molar-refractivity contribution in [3.05, 3.63) is 71.7 Å². The van der Waals surface area contributed by atoms with E-state index in [0.717, 1.165) is 10.9 Å². The quantitative estimate of drug-likeness (QED) is 0.778. The van der Waals surface area contributed by atoms with Gasteiger partial charge in [0.1, 0.15) is 5.82 Å². The molecule has 0 aliphatic carbocycles. The second-order valence-corrected chi connectivity index (χ2v) is 5.41. The molecule has 1 amide bonds. The zero-order valence-corrected chi connectivity index (χ0v) is 12.7. The number of aryl methyl sites for hydroxylation is 1. The van der Waals surface area contributed by atoms with Gasteiger partial charge in [0, 0.05) is 41.8 Å². The average molecular weight is 312 g/mol. The normalized spacial score (nSPS) is 12.3. The number of carbonyl (C=O) groups is 1. The zero-order chi connectivity index (χ0) is 16.4. The summed E-state index contributed by atoms with van der Waals surface area (Å²) in [4.78, 5) is 12.4. The van der Waals surface area contributed by atoms with Crippen LogP contribution in [0.5, 0.6) is 0 Å². The molecule has 2 N–H and O–H groups in total. The fraction of sp³-hybridized carbons (Fsp3) is 0.167. The second-order valence-electron chi connectivity index (χ2n) is 5.41. The molecule has 0 spiro atoms. The van der Waals surface area contributed by atoms with Crippen LogP contribution in [0.2, 0.25) is 0 Å². The molecule has 1 aromatic heterocycles. The first-order valence-electron chi connectivity index (χ1n) is 7.32. The van der Waals surface area contributed by atoms with Crippen LogP contribution in [0.25, 0.3) is 10.9 Å². The highest BCUT2D eigenvalue weighted by Gasteiger charge is 2.15. The Morgan fingerprint density at radius 2 is 2.00 bits per heavy atom. The van der Waals surface area contributed by atoms with Crippen molar-refractivity contribution in [2.24, 2.45) is 7.05 Å². The maximum Gasteiger partial charge on any atom is 0.252 e. The molecule has 118 valence electrons. The molecule has 0 saturated heterocycles. The average Bonchev–Trinajstić information content (AvgIpc) is 2.94. The topological polar surface area (TPSA) is 54.3 Å². The third-order valence-corrected chi connectivity index (χ3v) is 3.89. The number of halogens is 1. The lowest BCUT2D eigenvalue weighted by molar-refractivity contribution is 0.0915. The van der Waals surface area contributed by atoms with Crippen molar-refractivity contribution in [1.82, 2.24) is 9.88 Å². The van der Waals surface area contributed by atoms with Crippen LogP contribution < -0.4 is 5.32 Å². The number of benzene rings is 2. The van der Waals surface area contributed by atoms with E-state index in [9.17, 15) is 14.3 Å². The summed E-state index contributed by atoms with van der Waals surface area (Å²) in [6.07, 6.45) is 0.797. The van der Waals surface area contributed by atoms with Gasteiger partial charge >= 0.3 is 0 Å². The third-order valence-electron chi connectivity index (χ3n) is 3.89. The lowest BCUT2D eigenvalue weighted by Gasteiger charge is -2.13. The highest BCUT2D eigenvalue weighted by Crippen LogP contribution is 2.20. The van der Waals surface area contributed by atoms with E-state index < -0.39 is 11.9 Å². The molecule has 2 aromatic carbocycles. The van der Waals surface area contributed by atoms with Gasteiger partial charge in [-0.15, -0.1) is 0 Å². The summed E-state index contributed by atoms with van der Waals surface area (Å²) in [5.74, 6) is -0.781. The van der Waals surface area contributed by atoms with Gasteiger partial charge in [0.15, 0.2) is 0 Å². The van der Waals surface area contributed by atoms with Crippen molar-refractivity contribution in [2.75, 3.05) is 6.54 Å². The summed E-state index contributed by atoms with van der Waals surface area (Å²) < 4.78 is 15.6. The Kier molecular flexibility index (Phi) is 4.12. The molecular weight excluding hydrogens is 295 g/mol. The number of hydrogen-bond acceptors (Lipinski definition) is 2. The minimum absolute atomic E-state index is 0.0526. The maximum atomic E-state index is 13.6. The second kappa shape index (κ2) is 6.22. The van der Waals surface area contributed by atoms with E-state index in [1.165, 1.54) is 12.1 Å². The van der Waals surface area contributed by atoms with Crippen LogP contribution in [0.4, 0.5) is 4.39 Å². The molecule has 1 heterocycles. The standard InChI is InChI=1S/C18H17FN2O2/c1-21-10-9-12-13(6-4-8-16(12)21)18(23)20-11-17(22)14-5-2-3-7-15(14)19/h2-10,17,22H,11H2,1H3,(H,20,23). The third kappa shape index (κ3) is 2.96. The van der Waals surface area contributed by atoms with Gasteiger partial charge in [0.2, 0.25) is 0 Å². The smallest absolute Gasteiger partial charge is 0.252 e. The molecule has 4 nitrogen and oxygen atoms in total. The first-order valence-corrected chi connectivity index (χ1v) is 7.32. The first kappa shape index (κ1) is 15.2. The number of rotatable bonds is 4. The number of aliphatic hydroxyl groups excluding tert-OH is 1. The molecule has 23 heavy (non-hydrogen) atoms. The Morgan fingerprint density at radius 3 is 2.78 bits per heavy atom. The van der Waals surface area contributed by atoms with E-state index in [4.69, 9.17) is 0 Å². The lowest BCUT2D eigenvalue weighted by atomic mass is 10.1. The Labute approximate surface area is 133 Å². The molecule has 0 fully saturated rings. The monoisotopic (exact) mass is 312 g/mol. The molecule has 0 saturated carbocycles. The van der Waals surface area contributed by atoms with E-state index in [-0.39, 0.29) is 18.0 Å². The number of fused-ring (bicyclic) bond motifs is 1. The molecule has 0 bridgehead atoms. The number of aromatic nitrogens is 1. The highest BCUT2D eigenvalue weighted by atomic mass is 19.1. The van der Waals surface area contributed by atoms with E-state index in [1.54, 1.807) is 18.2 Å².